The highest BCUT2D eigenvalue weighted by Gasteiger charge is 2.36. The summed E-state index contributed by atoms with van der Waals surface area (Å²) >= 11 is 0. The third-order valence-corrected chi connectivity index (χ3v) is 6.44. The number of nitrogens with two attached hydrogens (primary N) is 1. The minimum Gasteiger partial charge on any atom is -0.493 e. The molecule has 138 valence electrons. The van der Waals surface area contributed by atoms with Gasteiger partial charge in [0.15, 0.2) is 11.5 Å². The molecule has 0 aromatic heterocycles. The lowest BCUT2D eigenvalue weighted by molar-refractivity contribution is 0.227. The van der Waals surface area contributed by atoms with Crippen molar-refractivity contribution in [2.24, 2.45) is 5.73 Å². The van der Waals surface area contributed by atoms with E-state index >= 15 is 0 Å². The Morgan fingerprint density at radius 3 is 2.33 bits per heavy atom. The molecule has 2 atom stereocenters. The van der Waals surface area contributed by atoms with Crippen molar-refractivity contribution in [1.82, 2.24) is 4.31 Å². The molecule has 1 aromatic carbocycles. The molecule has 0 aliphatic carbocycles. The van der Waals surface area contributed by atoms with Gasteiger partial charge in [-0.3, -0.25) is 0 Å². The molecule has 0 saturated carbocycles. The zero-order chi connectivity index (χ0) is 17.2. The van der Waals surface area contributed by atoms with E-state index in [4.69, 9.17) is 15.2 Å². The van der Waals surface area contributed by atoms with E-state index in [9.17, 15) is 8.42 Å². The maximum absolute atomic E-state index is 13.2. The maximum Gasteiger partial charge on any atom is 0.243 e. The van der Waals surface area contributed by atoms with Crippen molar-refractivity contribution >= 4 is 22.4 Å². The number of benzene rings is 1. The molecule has 0 radical (unpaired) electrons. The summed E-state index contributed by atoms with van der Waals surface area (Å²) in [6, 6.07) is 2.86. The van der Waals surface area contributed by atoms with Crippen LogP contribution in [0, 0.1) is 6.92 Å². The Morgan fingerprint density at radius 2 is 1.79 bits per heavy atom. The second-order valence-electron chi connectivity index (χ2n) is 6.01. The zero-order valence-corrected chi connectivity index (χ0v) is 16.2. The molecule has 2 N–H and O–H groups in total. The van der Waals surface area contributed by atoms with E-state index in [1.54, 1.807) is 17.3 Å². The average Bonchev–Trinajstić information content (AvgIpc) is 2.54. The molecular formula is C16H27ClN2O4S. The van der Waals surface area contributed by atoms with Gasteiger partial charge in [0.05, 0.1) is 19.1 Å². The smallest absolute Gasteiger partial charge is 0.243 e. The van der Waals surface area contributed by atoms with Crippen molar-refractivity contribution in [3.8, 4) is 11.5 Å². The second-order valence-corrected chi connectivity index (χ2v) is 7.87. The van der Waals surface area contributed by atoms with Gasteiger partial charge in [0.25, 0.3) is 0 Å². The molecular weight excluding hydrogens is 352 g/mol. The van der Waals surface area contributed by atoms with Gasteiger partial charge in [0.1, 0.15) is 0 Å². The molecule has 1 aliphatic heterocycles. The molecule has 24 heavy (non-hydrogen) atoms. The number of piperidine rings is 1. The zero-order valence-electron chi connectivity index (χ0n) is 14.6. The van der Waals surface area contributed by atoms with Crippen LogP contribution in [0.2, 0.25) is 0 Å². The molecule has 1 saturated heterocycles. The SMILES string of the molecule is COc1cc(C)c(S(=O)(=O)N2CCCCC2C(C)N)cc1OC.Cl. The number of hydrogen-bond donors (Lipinski definition) is 1. The monoisotopic (exact) mass is 378 g/mol. The van der Waals surface area contributed by atoms with Gasteiger partial charge in [-0.25, -0.2) is 8.42 Å². The molecule has 6 nitrogen and oxygen atoms in total. The lowest BCUT2D eigenvalue weighted by atomic mass is 10.00. The average molecular weight is 379 g/mol. The van der Waals surface area contributed by atoms with Gasteiger partial charge in [-0.1, -0.05) is 6.42 Å². The number of hydrogen-bond acceptors (Lipinski definition) is 5. The third kappa shape index (κ3) is 3.96. The standard InChI is InChI=1S/C16H26N2O4S.ClH/c1-11-9-14(21-3)15(22-4)10-16(11)23(19,20)18-8-6-5-7-13(18)12(2)17;/h9-10,12-13H,5-8,17H2,1-4H3;1H. The van der Waals surface area contributed by atoms with Gasteiger partial charge in [-0.2, -0.15) is 4.31 Å². The molecule has 2 rings (SSSR count). The van der Waals surface area contributed by atoms with Crippen LogP contribution in [-0.4, -0.2) is 45.6 Å². The van der Waals surface area contributed by atoms with Crippen LogP contribution in [0.15, 0.2) is 17.0 Å². The fourth-order valence-electron chi connectivity index (χ4n) is 3.12. The number of halogens is 1. The van der Waals surface area contributed by atoms with E-state index in [1.807, 2.05) is 6.92 Å². The minimum atomic E-state index is -3.63. The summed E-state index contributed by atoms with van der Waals surface area (Å²) in [5, 5.41) is 0. The molecule has 1 heterocycles. The van der Waals surface area contributed by atoms with Gasteiger partial charge < -0.3 is 15.2 Å². The third-order valence-electron chi connectivity index (χ3n) is 4.37. The molecule has 8 heteroatoms. The Morgan fingerprint density at radius 1 is 1.21 bits per heavy atom. The first-order valence-corrected chi connectivity index (χ1v) is 9.27. The molecule has 1 fully saturated rings. The maximum atomic E-state index is 13.2. The van der Waals surface area contributed by atoms with Crippen LogP contribution >= 0.6 is 12.4 Å². The van der Waals surface area contributed by atoms with E-state index in [2.05, 4.69) is 0 Å². The number of aryl methyl sites for hydroxylation is 1. The van der Waals surface area contributed by atoms with Crippen molar-refractivity contribution < 1.29 is 17.9 Å². The summed E-state index contributed by atoms with van der Waals surface area (Å²) in [4.78, 5) is 0.252. The number of sulfonamides is 1. The predicted octanol–water partition coefficient (Wildman–Crippen LogP) is 2.32. The van der Waals surface area contributed by atoms with E-state index in [0.717, 1.165) is 19.3 Å². The van der Waals surface area contributed by atoms with Gasteiger partial charge in [-0.05, 0) is 38.3 Å². The highest BCUT2D eigenvalue weighted by atomic mass is 35.5. The quantitative estimate of drug-likeness (QED) is 0.850. The van der Waals surface area contributed by atoms with E-state index in [0.29, 0.717) is 23.6 Å². The second kappa shape index (κ2) is 8.38. The van der Waals surface area contributed by atoms with Crippen LogP contribution in [-0.2, 0) is 10.0 Å². The van der Waals surface area contributed by atoms with Crippen molar-refractivity contribution in [3.63, 3.8) is 0 Å². The number of nitrogens with zero attached hydrogens (tertiary/aromatic N) is 1. The predicted molar refractivity (Wildman–Crippen MR) is 96.7 cm³/mol. The molecule has 0 bridgehead atoms. The van der Waals surface area contributed by atoms with Gasteiger partial charge in [0, 0.05) is 24.7 Å². The summed E-state index contributed by atoms with van der Waals surface area (Å²) < 4.78 is 38.4. The van der Waals surface area contributed by atoms with Crippen LogP contribution < -0.4 is 15.2 Å². The van der Waals surface area contributed by atoms with Gasteiger partial charge in [-0.15, -0.1) is 12.4 Å². The van der Waals surface area contributed by atoms with E-state index < -0.39 is 10.0 Å². The highest BCUT2D eigenvalue weighted by molar-refractivity contribution is 7.89. The summed E-state index contributed by atoms with van der Waals surface area (Å²) in [5.74, 6) is 0.928. The molecule has 2 unspecified atom stereocenters. The fourth-order valence-corrected chi connectivity index (χ4v) is 5.12. The Balaban J connectivity index is 0.00000288. The Labute approximate surface area is 150 Å². The molecule has 1 aliphatic rings. The van der Waals surface area contributed by atoms with Crippen LogP contribution in [0.3, 0.4) is 0 Å². The van der Waals surface area contributed by atoms with E-state index in [-0.39, 0.29) is 29.4 Å². The minimum absolute atomic E-state index is 0. The summed E-state index contributed by atoms with van der Waals surface area (Å²) in [7, 11) is -0.601. The molecule has 1 aromatic rings. The van der Waals surface area contributed by atoms with E-state index in [1.165, 1.54) is 20.3 Å². The normalized spacial score (nSPS) is 20.1. The largest absolute Gasteiger partial charge is 0.493 e. The van der Waals surface area contributed by atoms with Gasteiger partial charge >= 0.3 is 0 Å². The molecule has 0 amide bonds. The topological polar surface area (TPSA) is 81.9 Å². The number of methoxy groups -OCH3 is 2. The first-order chi connectivity index (χ1) is 10.8. The number of rotatable bonds is 5. The Bertz CT molecular complexity index is 664. The molecule has 0 spiro atoms. The lowest BCUT2D eigenvalue weighted by Gasteiger charge is -2.37. The van der Waals surface area contributed by atoms with Crippen LogP contribution in [0.4, 0.5) is 0 Å². The Hall–Kier alpha value is -1.02. The van der Waals surface area contributed by atoms with Crippen molar-refractivity contribution in [1.29, 1.82) is 0 Å². The van der Waals surface area contributed by atoms with Gasteiger partial charge in [0.2, 0.25) is 10.0 Å². The summed E-state index contributed by atoms with van der Waals surface area (Å²) in [6.45, 7) is 4.13. The lowest BCUT2D eigenvalue weighted by Crippen LogP contribution is -2.51. The Kier molecular flexibility index (Phi) is 7.34. The van der Waals surface area contributed by atoms with Crippen molar-refractivity contribution in [2.75, 3.05) is 20.8 Å². The van der Waals surface area contributed by atoms with Crippen LogP contribution in [0.1, 0.15) is 31.7 Å². The van der Waals surface area contributed by atoms with Crippen LogP contribution in [0.25, 0.3) is 0 Å². The summed E-state index contributed by atoms with van der Waals surface area (Å²) in [6.07, 6.45) is 2.65. The number of ether oxygens (including phenoxy) is 2. The van der Waals surface area contributed by atoms with Crippen molar-refractivity contribution in [3.05, 3.63) is 17.7 Å². The van der Waals surface area contributed by atoms with Crippen molar-refractivity contribution in [2.45, 2.75) is 50.1 Å². The fraction of sp³-hybridized carbons (Fsp3) is 0.625. The van der Waals surface area contributed by atoms with Crippen LogP contribution in [0.5, 0.6) is 11.5 Å². The first kappa shape index (κ1) is 21.0. The first-order valence-electron chi connectivity index (χ1n) is 7.83. The highest BCUT2D eigenvalue weighted by Crippen LogP contribution is 2.35. The summed E-state index contributed by atoms with van der Waals surface area (Å²) in [5.41, 5.74) is 6.66.